The molecule has 0 aliphatic carbocycles. The topological polar surface area (TPSA) is 89.8 Å². The molecule has 0 fully saturated rings. The van der Waals surface area contributed by atoms with E-state index in [4.69, 9.17) is 0 Å². The van der Waals surface area contributed by atoms with Gasteiger partial charge < -0.3 is 20.6 Å². The Morgan fingerprint density at radius 1 is 0.375 bits per heavy atom. The van der Waals surface area contributed by atoms with Crippen LogP contribution in [0.15, 0.2) is 24.3 Å². The summed E-state index contributed by atoms with van der Waals surface area (Å²) in [5, 5.41) is 33.6. The minimum Gasteiger partial charge on any atom is -0.394 e. The smallest absolute Gasteiger partial charge is 0.220 e. The van der Waals surface area contributed by atoms with Crippen LogP contribution in [0.1, 0.15) is 322 Å². The Labute approximate surface area is 401 Å². The summed E-state index contributed by atoms with van der Waals surface area (Å²) < 4.78 is 0. The highest BCUT2D eigenvalue weighted by molar-refractivity contribution is 5.76. The molecule has 0 aromatic heterocycles. The van der Waals surface area contributed by atoms with Gasteiger partial charge in [0.05, 0.1) is 18.8 Å². The second-order valence-corrected chi connectivity index (χ2v) is 20.2. The summed E-state index contributed by atoms with van der Waals surface area (Å²) in [6.07, 6.45) is 69.4. The van der Waals surface area contributed by atoms with Crippen LogP contribution in [0.25, 0.3) is 0 Å². The van der Waals surface area contributed by atoms with Crippen molar-refractivity contribution in [2.45, 2.75) is 340 Å². The van der Waals surface area contributed by atoms with Crippen LogP contribution in [0.5, 0.6) is 0 Å². The van der Waals surface area contributed by atoms with Gasteiger partial charge in [0.1, 0.15) is 6.10 Å². The zero-order valence-electron chi connectivity index (χ0n) is 43.4. The fraction of sp³-hybridized carbons (Fsp3) is 0.915. The molecular formula is C59H115NO4. The first-order valence-electron chi connectivity index (χ1n) is 29.1. The molecule has 0 heterocycles. The van der Waals surface area contributed by atoms with Crippen LogP contribution in [-0.4, -0.2) is 46.1 Å². The van der Waals surface area contributed by atoms with Crippen molar-refractivity contribution in [2.75, 3.05) is 6.61 Å². The zero-order chi connectivity index (χ0) is 46.5. The van der Waals surface area contributed by atoms with Crippen LogP contribution in [0.4, 0.5) is 0 Å². The van der Waals surface area contributed by atoms with Gasteiger partial charge in [0.2, 0.25) is 5.91 Å². The minimum atomic E-state index is -1.16. The van der Waals surface area contributed by atoms with Crippen LogP contribution >= 0.6 is 0 Å². The van der Waals surface area contributed by atoms with Gasteiger partial charge in [-0.2, -0.15) is 0 Å². The van der Waals surface area contributed by atoms with Crippen molar-refractivity contribution in [3.63, 3.8) is 0 Å². The van der Waals surface area contributed by atoms with Crippen LogP contribution < -0.4 is 5.32 Å². The fourth-order valence-electron chi connectivity index (χ4n) is 9.28. The second kappa shape index (κ2) is 54.4. The summed E-state index contributed by atoms with van der Waals surface area (Å²) in [5.74, 6) is -0.150. The zero-order valence-corrected chi connectivity index (χ0v) is 43.4. The lowest BCUT2D eigenvalue weighted by molar-refractivity contribution is -0.124. The van der Waals surface area contributed by atoms with Crippen LogP contribution in [-0.2, 0) is 4.79 Å². The van der Waals surface area contributed by atoms with Gasteiger partial charge in [-0.15, -0.1) is 0 Å². The monoisotopic (exact) mass is 902 g/mol. The number of carbonyl (C=O) groups is 1. The Bertz CT molecular complexity index is 951. The van der Waals surface area contributed by atoms with E-state index in [9.17, 15) is 20.1 Å². The largest absolute Gasteiger partial charge is 0.394 e. The van der Waals surface area contributed by atoms with Gasteiger partial charge in [-0.05, 0) is 64.2 Å². The Morgan fingerprint density at radius 2 is 0.625 bits per heavy atom. The Kier molecular flexibility index (Phi) is 53.4. The molecule has 0 aromatic carbocycles. The molecule has 380 valence electrons. The van der Waals surface area contributed by atoms with E-state index < -0.39 is 18.2 Å². The molecule has 0 radical (unpaired) electrons. The van der Waals surface area contributed by atoms with Gasteiger partial charge in [-0.3, -0.25) is 4.79 Å². The molecule has 0 saturated carbocycles. The third kappa shape index (κ3) is 48.8. The van der Waals surface area contributed by atoms with Gasteiger partial charge in [0, 0.05) is 6.42 Å². The predicted molar refractivity (Wildman–Crippen MR) is 282 cm³/mol. The number of unbranched alkanes of at least 4 members (excludes halogenated alkanes) is 42. The normalized spacial score (nSPS) is 13.4. The molecule has 0 rings (SSSR count). The van der Waals surface area contributed by atoms with Crippen molar-refractivity contribution in [1.82, 2.24) is 5.32 Å². The van der Waals surface area contributed by atoms with E-state index in [0.717, 1.165) is 38.5 Å². The van der Waals surface area contributed by atoms with Gasteiger partial charge in [0.25, 0.3) is 0 Å². The number of nitrogens with one attached hydrogen (secondary N) is 1. The lowest BCUT2D eigenvalue weighted by Gasteiger charge is -2.26. The predicted octanol–water partition coefficient (Wildman–Crippen LogP) is 18.1. The second-order valence-electron chi connectivity index (χ2n) is 20.2. The molecule has 0 bridgehead atoms. The average molecular weight is 903 g/mol. The first-order chi connectivity index (χ1) is 31.6. The van der Waals surface area contributed by atoms with Gasteiger partial charge in [-0.1, -0.05) is 276 Å². The Balaban J connectivity index is 3.44. The molecule has 0 aliphatic rings. The molecule has 5 heteroatoms. The van der Waals surface area contributed by atoms with Gasteiger partial charge in [0.15, 0.2) is 0 Å². The summed E-state index contributed by atoms with van der Waals surface area (Å²) >= 11 is 0. The summed E-state index contributed by atoms with van der Waals surface area (Å²) in [7, 11) is 0. The summed E-state index contributed by atoms with van der Waals surface area (Å²) in [4.78, 5) is 12.5. The van der Waals surface area contributed by atoms with Crippen molar-refractivity contribution in [3.05, 3.63) is 24.3 Å². The summed E-state index contributed by atoms with van der Waals surface area (Å²) in [5.41, 5.74) is 0. The molecule has 0 aromatic rings. The number of allylic oxidation sites excluding steroid dienone is 4. The van der Waals surface area contributed by atoms with E-state index in [2.05, 4.69) is 43.5 Å². The van der Waals surface area contributed by atoms with Gasteiger partial charge in [-0.25, -0.2) is 0 Å². The van der Waals surface area contributed by atoms with Crippen molar-refractivity contribution in [2.24, 2.45) is 0 Å². The lowest BCUT2D eigenvalue weighted by atomic mass is 10.0. The molecule has 1 amide bonds. The average Bonchev–Trinajstić information content (AvgIpc) is 3.30. The SMILES string of the molecule is CCCCCCCCCC/C=C/CCCC(O)C(O)C(CO)NC(=O)CCCCCCCCCCCCCCCCCCC/C=C\CCCCCCCCCCCCCCCCCC. The Morgan fingerprint density at radius 3 is 0.906 bits per heavy atom. The maximum absolute atomic E-state index is 12.5. The quantitative estimate of drug-likeness (QED) is 0.0362. The highest BCUT2D eigenvalue weighted by atomic mass is 16.3. The molecule has 0 saturated heterocycles. The highest BCUT2D eigenvalue weighted by Gasteiger charge is 2.26. The number of hydrogen-bond donors (Lipinski definition) is 4. The maximum atomic E-state index is 12.5. The van der Waals surface area contributed by atoms with E-state index in [1.165, 1.54) is 257 Å². The summed E-state index contributed by atoms with van der Waals surface area (Å²) in [6, 6.07) is -0.823. The third-order valence-electron chi connectivity index (χ3n) is 13.8. The maximum Gasteiger partial charge on any atom is 0.220 e. The Hall–Kier alpha value is -1.17. The fourth-order valence-corrected chi connectivity index (χ4v) is 9.28. The number of hydrogen-bond acceptors (Lipinski definition) is 4. The molecule has 5 nitrogen and oxygen atoms in total. The van der Waals surface area contributed by atoms with E-state index in [-0.39, 0.29) is 12.5 Å². The van der Waals surface area contributed by atoms with Crippen molar-refractivity contribution in [3.8, 4) is 0 Å². The molecule has 64 heavy (non-hydrogen) atoms. The van der Waals surface area contributed by atoms with Crippen molar-refractivity contribution < 1.29 is 20.1 Å². The van der Waals surface area contributed by atoms with Gasteiger partial charge >= 0.3 is 0 Å². The number of amides is 1. The van der Waals surface area contributed by atoms with E-state index >= 15 is 0 Å². The lowest BCUT2D eigenvalue weighted by Crippen LogP contribution is -2.50. The number of rotatable bonds is 54. The van der Waals surface area contributed by atoms with Crippen LogP contribution in [0.2, 0.25) is 0 Å². The minimum absolute atomic E-state index is 0.150. The first-order valence-corrected chi connectivity index (χ1v) is 29.1. The molecule has 3 atom stereocenters. The van der Waals surface area contributed by atoms with Crippen LogP contribution in [0.3, 0.4) is 0 Å². The number of carbonyl (C=O) groups excluding carboxylic acids is 1. The molecular weight excluding hydrogens is 787 g/mol. The van der Waals surface area contributed by atoms with E-state index in [0.29, 0.717) is 12.8 Å². The molecule has 0 aliphatic heterocycles. The van der Waals surface area contributed by atoms with E-state index in [1.807, 2.05) is 0 Å². The standard InChI is InChI=1S/C59H115NO4/c1-3-5-7-9-11-13-15-17-18-19-20-21-22-23-24-25-26-27-28-29-30-31-32-33-34-35-36-37-38-39-40-42-44-46-48-50-52-54-58(63)60-56(55-61)59(64)57(62)53-51-49-47-45-43-41-16-14-12-10-8-6-4-2/h27-28,45,47,56-57,59,61-62,64H,3-26,29-44,46,48-55H2,1-2H3,(H,60,63)/b28-27-,47-45+. The summed E-state index contributed by atoms with van der Waals surface area (Å²) in [6.45, 7) is 4.19. The van der Waals surface area contributed by atoms with Crippen LogP contribution in [0, 0.1) is 0 Å². The highest BCUT2D eigenvalue weighted by Crippen LogP contribution is 2.18. The number of aliphatic hydroxyl groups excluding tert-OH is 3. The first kappa shape index (κ1) is 62.8. The molecule has 4 N–H and O–H groups in total. The molecule has 0 spiro atoms. The third-order valence-corrected chi connectivity index (χ3v) is 13.8. The number of aliphatic hydroxyl groups is 3. The van der Waals surface area contributed by atoms with Crippen molar-refractivity contribution in [1.29, 1.82) is 0 Å². The molecule has 3 unspecified atom stereocenters. The van der Waals surface area contributed by atoms with Crippen molar-refractivity contribution >= 4 is 5.91 Å². The van der Waals surface area contributed by atoms with E-state index in [1.54, 1.807) is 0 Å².